The molecule has 1 aromatic rings. The molecule has 0 bridgehead atoms. The van der Waals surface area contributed by atoms with Crippen molar-refractivity contribution >= 4 is 5.69 Å². The zero-order valence-electron chi connectivity index (χ0n) is 10.1. The Hall–Kier alpha value is -2.02. The van der Waals surface area contributed by atoms with Gasteiger partial charge in [0.2, 0.25) is 0 Å². The predicted octanol–water partition coefficient (Wildman–Crippen LogP) is 3.31. The molecule has 0 spiro atoms. The van der Waals surface area contributed by atoms with Crippen LogP contribution in [0.2, 0.25) is 0 Å². The van der Waals surface area contributed by atoms with E-state index in [0.29, 0.717) is 5.75 Å². The number of nitro benzene ring substituents is 1. The lowest BCUT2D eigenvalue weighted by molar-refractivity contribution is -0.384. The molecule has 0 saturated carbocycles. The lowest BCUT2D eigenvalue weighted by atomic mass is 10.1. The third-order valence-corrected chi connectivity index (χ3v) is 2.86. The van der Waals surface area contributed by atoms with Crippen molar-refractivity contribution in [1.29, 1.82) is 0 Å². The maximum atomic E-state index is 10.5. The van der Waals surface area contributed by atoms with E-state index in [1.165, 1.54) is 18.6 Å². The standard InChI is InChI=1S/C14H15NO3/c16-15(17)12-8-10-14(11-9-12)18-13-6-4-2-1-3-5-7-13/h8-11,13H,1-4,6H2. The van der Waals surface area contributed by atoms with Crippen LogP contribution < -0.4 is 4.74 Å². The molecule has 1 aliphatic rings. The summed E-state index contributed by atoms with van der Waals surface area (Å²) >= 11 is 0. The molecule has 1 aromatic carbocycles. The number of nitrogens with zero attached hydrogens (tertiary/aromatic N) is 1. The first-order valence-corrected chi connectivity index (χ1v) is 6.15. The fourth-order valence-electron chi connectivity index (χ4n) is 1.88. The molecule has 1 atom stereocenters. The summed E-state index contributed by atoms with van der Waals surface area (Å²) in [6.07, 6.45) is 5.23. The number of ether oxygens (including phenoxy) is 1. The van der Waals surface area contributed by atoms with Crippen molar-refractivity contribution in [2.75, 3.05) is 0 Å². The van der Waals surface area contributed by atoms with Gasteiger partial charge in [0.15, 0.2) is 6.10 Å². The first-order valence-electron chi connectivity index (χ1n) is 6.15. The van der Waals surface area contributed by atoms with E-state index in [1.54, 1.807) is 12.1 Å². The van der Waals surface area contributed by atoms with Gasteiger partial charge >= 0.3 is 0 Å². The van der Waals surface area contributed by atoms with Gasteiger partial charge in [0.25, 0.3) is 5.69 Å². The number of hydrogen-bond acceptors (Lipinski definition) is 3. The molecule has 0 aliphatic heterocycles. The van der Waals surface area contributed by atoms with Gasteiger partial charge in [-0.25, -0.2) is 0 Å². The second kappa shape index (κ2) is 6.06. The maximum absolute atomic E-state index is 10.5. The van der Waals surface area contributed by atoms with E-state index in [1.807, 2.05) is 0 Å². The van der Waals surface area contributed by atoms with Gasteiger partial charge in [0.05, 0.1) is 4.92 Å². The Morgan fingerprint density at radius 2 is 2.00 bits per heavy atom. The van der Waals surface area contributed by atoms with E-state index in [2.05, 4.69) is 11.8 Å². The predicted molar refractivity (Wildman–Crippen MR) is 68.4 cm³/mol. The van der Waals surface area contributed by atoms with Crippen molar-refractivity contribution in [2.24, 2.45) is 0 Å². The molecule has 0 fully saturated rings. The summed E-state index contributed by atoms with van der Waals surface area (Å²) in [6, 6.07) is 6.15. The Morgan fingerprint density at radius 3 is 2.72 bits per heavy atom. The van der Waals surface area contributed by atoms with Gasteiger partial charge in [-0.3, -0.25) is 10.1 Å². The van der Waals surface area contributed by atoms with Crippen molar-refractivity contribution in [2.45, 2.75) is 38.2 Å². The number of non-ortho nitro benzene ring substituents is 1. The smallest absolute Gasteiger partial charge is 0.269 e. The first-order chi connectivity index (χ1) is 8.75. The molecule has 0 saturated heterocycles. The molecular weight excluding hydrogens is 230 g/mol. The molecule has 0 amide bonds. The average molecular weight is 245 g/mol. The van der Waals surface area contributed by atoms with Crippen molar-refractivity contribution in [3.8, 4) is 17.6 Å². The van der Waals surface area contributed by atoms with Crippen LogP contribution in [0.3, 0.4) is 0 Å². The largest absolute Gasteiger partial charge is 0.478 e. The highest BCUT2D eigenvalue weighted by Gasteiger charge is 2.10. The van der Waals surface area contributed by atoms with E-state index >= 15 is 0 Å². The topological polar surface area (TPSA) is 52.4 Å². The van der Waals surface area contributed by atoms with Crippen LogP contribution in [-0.2, 0) is 0 Å². The SMILES string of the molecule is O=[N+]([O-])c1ccc(OC2C#CCCCCC2)cc1. The van der Waals surface area contributed by atoms with Gasteiger partial charge in [0.1, 0.15) is 5.75 Å². The molecular formula is C14H15NO3. The van der Waals surface area contributed by atoms with Gasteiger partial charge in [-0.05, 0) is 31.4 Å². The fraction of sp³-hybridized carbons (Fsp3) is 0.429. The Kier molecular flexibility index (Phi) is 4.19. The molecule has 94 valence electrons. The minimum Gasteiger partial charge on any atom is -0.478 e. The van der Waals surface area contributed by atoms with Crippen LogP contribution in [-0.4, -0.2) is 11.0 Å². The van der Waals surface area contributed by atoms with Crippen LogP contribution in [0.5, 0.6) is 5.75 Å². The van der Waals surface area contributed by atoms with Crippen molar-refractivity contribution in [3.63, 3.8) is 0 Å². The highest BCUT2D eigenvalue weighted by molar-refractivity contribution is 5.36. The number of nitro groups is 1. The number of rotatable bonds is 3. The number of benzene rings is 1. The van der Waals surface area contributed by atoms with Gasteiger partial charge in [0, 0.05) is 18.6 Å². The van der Waals surface area contributed by atoms with Crippen LogP contribution in [0.15, 0.2) is 24.3 Å². The fourth-order valence-corrected chi connectivity index (χ4v) is 1.88. The maximum Gasteiger partial charge on any atom is 0.269 e. The summed E-state index contributed by atoms with van der Waals surface area (Å²) < 4.78 is 5.73. The van der Waals surface area contributed by atoms with Crippen LogP contribution in [0.4, 0.5) is 5.69 Å². The van der Waals surface area contributed by atoms with Crippen molar-refractivity contribution < 1.29 is 9.66 Å². The minimum absolute atomic E-state index is 0.0751. The van der Waals surface area contributed by atoms with Crippen molar-refractivity contribution in [3.05, 3.63) is 34.4 Å². The zero-order chi connectivity index (χ0) is 12.8. The van der Waals surface area contributed by atoms with E-state index < -0.39 is 4.92 Å². The summed E-state index contributed by atoms with van der Waals surface area (Å²) in [5.74, 6) is 6.84. The molecule has 4 heteroatoms. The highest BCUT2D eigenvalue weighted by Crippen LogP contribution is 2.20. The van der Waals surface area contributed by atoms with E-state index in [4.69, 9.17) is 4.74 Å². The molecule has 2 rings (SSSR count). The quantitative estimate of drug-likeness (QED) is 0.466. The van der Waals surface area contributed by atoms with Gasteiger partial charge in [-0.1, -0.05) is 18.3 Å². The molecule has 1 aliphatic carbocycles. The van der Waals surface area contributed by atoms with Crippen LogP contribution in [0, 0.1) is 22.0 Å². The Balaban J connectivity index is 2.01. The second-order valence-corrected chi connectivity index (χ2v) is 4.28. The van der Waals surface area contributed by atoms with Gasteiger partial charge in [-0.2, -0.15) is 0 Å². The molecule has 0 aromatic heterocycles. The minimum atomic E-state index is -0.417. The van der Waals surface area contributed by atoms with Gasteiger partial charge < -0.3 is 4.74 Å². The lowest BCUT2D eigenvalue weighted by Crippen LogP contribution is -2.14. The monoisotopic (exact) mass is 245 g/mol. The first kappa shape index (κ1) is 12.4. The van der Waals surface area contributed by atoms with Gasteiger partial charge in [-0.15, -0.1) is 0 Å². The summed E-state index contributed by atoms with van der Waals surface area (Å²) in [7, 11) is 0. The van der Waals surface area contributed by atoms with Crippen LogP contribution in [0.25, 0.3) is 0 Å². The third kappa shape index (κ3) is 3.49. The van der Waals surface area contributed by atoms with E-state index in [9.17, 15) is 10.1 Å². The second-order valence-electron chi connectivity index (χ2n) is 4.28. The Morgan fingerprint density at radius 1 is 1.22 bits per heavy atom. The lowest BCUT2D eigenvalue weighted by Gasteiger charge is -2.14. The van der Waals surface area contributed by atoms with E-state index in [0.717, 1.165) is 25.7 Å². The third-order valence-electron chi connectivity index (χ3n) is 2.86. The average Bonchev–Trinajstić information content (AvgIpc) is 2.33. The molecule has 18 heavy (non-hydrogen) atoms. The molecule has 0 heterocycles. The zero-order valence-corrected chi connectivity index (χ0v) is 10.1. The molecule has 1 unspecified atom stereocenters. The number of hydrogen-bond donors (Lipinski definition) is 0. The molecule has 0 radical (unpaired) electrons. The normalized spacial score (nSPS) is 19.0. The van der Waals surface area contributed by atoms with Crippen molar-refractivity contribution in [1.82, 2.24) is 0 Å². The summed E-state index contributed by atoms with van der Waals surface area (Å²) in [4.78, 5) is 10.1. The van der Waals surface area contributed by atoms with E-state index in [-0.39, 0.29) is 11.8 Å². The summed E-state index contributed by atoms with van der Waals surface area (Å²) in [5.41, 5.74) is 0.0751. The molecule has 4 nitrogen and oxygen atoms in total. The summed E-state index contributed by atoms with van der Waals surface area (Å²) in [6.45, 7) is 0. The molecule has 0 N–H and O–H groups in total. The van der Waals surface area contributed by atoms with Crippen LogP contribution in [0.1, 0.15) is 32.1 Å². The Labute approximate surface area is 106 Å². The van der Waals surface area contributed by atoms with Crippen LogP contribution >= 0.6 is 0 Å². The highest BCUT2D eigenvalue weighted by atomic mass is 16.6. The summed E-state index contributed by atoms with van der Waals surface area (Å²) in [5, 5.41) is 10.5. The Bertz CT molecular complexity index is 470.